The number of hydrogen-bond acceptors (Lipinski definition) is 4. The zero-order chi connectivity index (χ0) is 14.6. The van der Waals surface area contributed by atoms with Crippen LogP contribution >= 0.6 is 23.2 Å². The van der Waals surface area contributed by atoms with Gasteiger partial charge < -0.3 is 9.47 Å². The summed E-state index contributed by atoms with van der Waals surface area (Å²) in [6.07, 6.45) is 3.87. The first kappa shape index (κ1) is 14.0. The third kappa shape index (κ3) is 1.61. The maximum Gasteiger partial charge on any atom is 0.334 e. The van der Waals surface area contributed by atoms with Gasteiger partial charge in [-0.15, -0.1) is 23.2 Å². The van der Waals surface area contributed by atoms with Crippen molar-refractivity contribution in [2.45, 2.75) is 10.8 Å². The maximum atomic E-state index is 12.1. The SMILES string of the molecule is COC(=O)C1=C(C(=O)OC)[C@@H]2C=C[C@H]1[C@@H]1C2C(Cl)[C@H]1Cl. The van der Waals surface area contributed by atoms with Gasteiger partial charge in [0.05, 0.1) is 36.1 Å². The molecule has 0 N–H and O–H groups in total. The molecule has 4 aliphatic rings. The highest BCUT2D eigenvalue weighted by Crippen LogP contribution is 2.60. The van der Waals surface area contributed by atoms with Crippen molar-refractivity contribution in [3.63, 3.8) is 0 Å². The van der Waals surface area contributed by atoms with Crippen molar-refractivity contribution < 1.29 is 19.1 Å². The van der Waals surface area contributed by atoms with Crippen LogP contribution in [0.1, 0.15) is 0 Å². The Morgan fingerprint density at radius 1 is 0.900 bits per heavy atom. The first-order valence-corrected chi connectivity index (χ1v) is 7.27. The van der Waals surface area contributed by atoms with Gasteiger partial charge in [0.15, 0.2) is 0 Å². The van der Waals surface area contributed by atoms with E-state index in [-0.39, 0.29) is 34.4 Å². The van der Waals surface area contributed by atoms with Gasteiger partial charge in [-0.1, -0.05) is 12.2 Å². The van der Waals surface area contributed by atoms with E-state index in [1.165, 1.54) is 14.2 Å². The molecule has 108 valence electrons. The van der Waals surface area contributed by atoms with E-state index in [1.54, 1.807) is 0 Å². The lowest BCUT2D eigenvalue weighted by Crippen LogP contribution is -2.61. The second-order valence-electron chi connectivity index (χ2n) is 5.29. The van der Waals surface area contributed by atoms with E-state index < -0.39 is 11.9 Å². The summed E-state index contributed by atoms with van der Waals surface area (Å²) in [5.74, 6) is -1.27. The maximum absolute atomic E-state index is 12.1. The third-order valence-electron chi connectivity index (χ3n) is 4.61. The summed E-state index contributed by atoms with van der Waals surface area (Å²) >= 11 is 12.6. The highest BCUT2D eigenvalue weighted by Gasteiger charge is 2.62. The van der Waals surface area contributed by atoms with Gasteiger partial charge in [-0.05, 0) is 11.8 Å². The lowest BCUT2D eigenvalue weighted by molar-refractivity contribution is -0.142. The standard InChI is InChI=1S/C14H14Cl2O4/c1-19-13(17)9-5-3-4-6(10(9)14(18)20-2)8-7(5)11(15)12(8)16/h3-8,11-12H,1-2H3/t5-,6+,7+,8?,11-,12?/m0/s1. The van der Waals surface area contributed by atoms with Crippen molar-refractivity contribution in [1.82, 2.24) is 0 Å². The van der Waals surface area contributed by atoms with Gasteiger partial charge in [0.25, 0.3) is 0 Å². The fourth-order valence-corrected chi connectivity index (χ4v) is 4.71. The number of hydrogen-bond donors (Lipinski definition) is 0. The van der Waals surface area contributed by atoms with Crippen LogP contribution in [0.5, 0.6) is 0 Å². The molecule has 0 heterocycles. The van der Waals surface area contributed by atoms with Crippen molar-refractivity contribution in [2.75, 3.05) is 14.2 Å². The van der Waals surface area contributed by atoms with Crippen LogP contribution in [0.4, 0.5) is 0 Å². The van der Waals surface area contributed by atoms with E-state index in [2.05, 4.69) is 0 Å². The molecule has 0 aromatic rings. The Bertz CT molecular complexity index is 493. The Labute approximate surface area is 126 Å². The predicted octanol–water partition coefficient (Wildman–Crippen LogP) is 1.91. The van der Waals surface area contributed by atoms with Crippen molar-refractivity contribution in [1.29, 1.82) is 0 Å². The number of carbonyl (C=O) groups is 2. The Kier molecular flexibility index (Phi) is 3.33. The van der Waals surface area contributed by atoms with Gasteiger partial charge in [-0.3, -0.25) is 0 Å². The third-order valence-corrected chi connectivity index (χ3v) is 5.86. The number of alkyl halides is 2. The number of allylic oxidation sites excluding steroid dienone is 2. The van der Waals surface area contributed by atoms with Gasteiger partial charge in [-0.25, -0.2) is 9.59 Å². The Morgan fingerprint density at radius 2 is 1.25 bits per heavy atom. The van der Waals surface area contributed by atoms with Gasteiger partial charge in [-0.2, -0.15) is 0 Å². The van der Waals surface area contributed by atoms with Crippen molar-refractivity contribution in [2.24, 2.45) is 23.7 Å². The molecule has 4 nitrogen and oxygen atoms in total. The molecule has 6 atom stereocenters. The van der Waals surface area contributed by atoms with Crippen LogP contribution in [0, 0.1) is 23.7 Å². The van der Waals surface area contributed by atoms with Crippen LogP contribution in [0.2, 0.25) is 0 Å². The Hall–Kier alpha value is -1.00. The molecule has 2 bridgehead atoms. The Morgan fingerprint density at radius 3 is 1.55 bits per heavy atom. The molecule has 2 unspecified atom stereocenters. The van der Waals surface area contributed by atoms with Crippen molar-refractivity contribution in [3.8, 4) is 0 Å². The minimum atomic E-state index is -0.495. The van der Waals surface area contributed by atoms with E-state index in [0.717, 1.165) is 0 Å². The number of methoxy groups -OCH3 is 2. The zero-order valence-electron chi connectivity index (χ0n) is 11.0. The van der Waals surface area contributed by atoms with Crippen LogP contribution in [-0.2, 0) is 19.1 Å². The molecule has 0 amide bonds. The molecule has 0 aliphatic heterocycles. The van der Waals surface area contributed by atoms with Gasteiger partial charge in [0, 0.05) is 11.8 Å². The largest absolute Gasteiger partial charge is 0.466 e. The summed E-state index contributed by atoms with van der Waals surface area (Å²) in [6.45, 7) is 0. The topological polar surface area (TPSA) is 52.6 Å². The average Bonchev–Trinajstić information content (AvgIpc) is 2.50. The minimum absolute atomic E-state index is 0.0803. The second-order valence-corrected chi connectivity index (χ2v) is 6.30. The predicted molar refractivity (Wildman–Crippen MR) is 73.4 cm³/mol. The molecular weight excluding hydrogens is 303 g/mol. The first-order chi connectivity index (χ1) is 9.52. The summed E-state index contributed by atoms with van der Waals surface area (Å²) in [5.41, 5.74) is 0.754. The van der Waals surface area contributed by atoms with Crippen molar-refractivity contribution in [3.05, 3.63) is 23.3 Å². The summed E-state index contributed by atoms with van der Waals surface area (Å²) < 4.78 is 9.64. The molecule has 4 rings (SSSR count). The molecular formula is C14H14Cl2O4. The molecule has 0 aromatic heterocycles. The molecule has 4 aliphatic carbocycles. The zero-order valence-corrected chi connectivity index (χ0v) is 12.5. The average molecular weight is 317 g/mol. The van der Waals surface area contributed by atoms with Crippen LogP contribution in [0.15, 0.2) is 23.3 Å². The molecule has 0 spiro atoms. The number of esters is 2. The highest BCUT2D eigenvalue weighted by atomic mass is 35.5. The lowest BCUT2D eigenvalue weighted by Gasteiger charge is -2.57. The number of carbonyl (C=O) groups excluding carboxylic acids is 2. The summed E-state index contributed by atoms with van der Waals surface area (Å²) in [7, 11) is 2.61. The first-order valence-electron chi connectivity index (χ1n) is 6.40. The number of halogens is 2. The molecule has 20 heavy (non-hydrogen) atoms. The number of rotatable bonds is 2. The van der Waals surface area contributed by atoms with Gasteiger partial charge >= 0.3 is 11.9 Å². The fraction of sp³-hybridized carbons (Fsp3) is 0.571. The van der Waals surface area contributed by atoms with Gasteiger partial charge in [0.2, 0.25) is 0 Å². The smallest absolute Gasteiger partial charge is 0.334 e. The molecule has 1 saturated carbocycles. The van der Waals surface area contributed by atoms with E-state index in [0.29, 0.717) is 11.1 Å². The molecule has 0 radical (unpaired) electrons. The fourth-order valence-electron chi connectivity index (χ4n) is 3.72. The highest BCUT2D eigenvalue weighted by molar-refractivity contribution is 6.32. The van der Waals surface area contributed by atoms with Crippen LogP contribution < -0.4 is 0 Å². The normalized spacial score (nSPS) is 41.0. The Balaban J connectivity index is 2.11. The number of ether oxygens (including phenoxy) is 2. The van der Waals surface area contributed by atoms with Crippen LogP contribution in [-0.4, -0.2) is 36.9 Å². The lowest BCUT2D eigenvalue weighted by atomic mass is 9.51. The molecule has 0 saturated heterocycles. The summed E-state index contributed by atoms with van der Waals surface area (Å²) in [4.78, 5) is 24.1. The quantitative estimate of drug-likeness (QED) is 0.443. The van der Waals surface area contributed by atoms with Crippen LogP contribution in [0.3, 0.4) is 0 Å². The molecule has 0 aromatic carbocycles. The molecule has 1 fully saturated rings. The monoisotopic (exact) mass is 316 g/mol. The summed E-state index contributed by atoms with van der Waals surface area (Å²) in [5, 5.41) is -0.393. The van der Waals surface area contributed by atoms with E-state index in [4.69, 9.17) is 32.7 Å². The molecule has 6 heteroatoms. The van der Waals surface area contributed by atoms with E-state index in [1.807, 2.05) is 12.2 Å². The van der Waals surface area contributed by atoms with Crippen LogP contribution in [0.25, 0.3) is 0 Å². The minimum Gasteiger partial charge on any atom is -0.466 e. The van der Waals surface area contributed by atoms with E-state index >= 15 is 0 Å². The second kappa shape index (κ2) is 4.78. The van der Waals surface area contributed by atoms with E-state index in [9.17, 15) is 9.59 Å². The summed E-state index contributed by atoms with van der Waals surface area (Å²) in [6, 6.07) is 0. The van der Waals surface area contributed by atoms with Crippen molar-refractivity contribution >= 4 is 35.1 Å². The van der Waals surface area contributed by atoms with Gasteiger partial charge in [0.1, 0.15) is 0 Å².